The number of hydrogen-bond acceptors (Lipinski definition) is 4. The average Bonchev–Trinajstić information content (AvgIpc) is 2.48. The van der Waals surface area contributed by atoms with Crippen LogP contribution in [0.2, 0.25) is 0 Å². The van der Waals surface area contributed by atoms with E-state index in [9.17, 15) is 9.90 Å². The maximum absolute atomic E-state index is 12.3. The van der Waals surface area contributed by atoms with Crippen molar-refractivity contribution in [2.24, 2.45) is 5.92 Å². The van der Waals surface area contributed by atoms with Crippen LogP contribution in [0.5, 0.6) is 0 Å². The van der Waals surface area contributed by atoms with Gasteiger partial charge in [0.1, 0.15) is 0 Å². The highest BCUT2D eigenvalue weighted by atomic mass is 16.3. The number of aromatic nitrogens is 1. The van der Waals surface area contributed by atoms with Gasteiger partial charge in [-0.3, -0.25) is 4.79 Å². The van der Waals surface area contributed by atoms with Crippen LogP contribution in [-0.4, -0.2) is 35.2 Å². The fourth-order valence-corrected chi connectivity index (χ4v) is 2.70. The molecule has 0 radical (unpaired) electrons. The molecule has 22 heavy (non-hydrogen) atoms. The number of allylic oxidation sites excluding steroid dienone is 1. The van der Waals surface area contributed by atoms with Gasteiger partial charge in [-0.05, 0) is 38.3 Å². The van der Waals surface area contributed by atoms with Crippen molar-refractivity contribution in [1.29, 1.82) is 0 Å². The van der Waals surface area contributed by atoms with Crippen molar-refractivity contribution < 1.29 is 9.90 Å². The topological polar surface area (TPSA) is 65.5 Å². The highest BCUT2D eigenvalue weighted by Gasteiger charge is 2.22. The molecule has 1 aliphatic heterocycles. The second-order valence-corrected chi connectivity index (χ2v) is 6.14. The lowest BCUT2D eigenvalue weighted by Crippen LogP contribution is -2.37. The van der Waals surface area contributed by atoms with Crippen LogP contribution < -0.4 is 10.2 Å². The zero-order valence-corrected chi connectivity index (χ0v) is 13.4. The van der Waals surface area contributed by atoms with E-state index in [1.807, 2.05) is 26.0 Å². The molecule has 1 fully saturated rings. The third-order valence-corrected chi connectivity index (χ3v) is 3.91. The van der Waals surface area contributed by atoms with Gasteiger partial charge in [-0.2, -0.15) is 0 Å². The number of aliphatic hydroxyl groups excluding tert-OH is 1. The number of nitrogens with one attached hydrogen (secondary N) is 1. The van der Waals surface area contributed by atoms with Gasteiger partial charge in [-0.15, -0.1) is 6.58 Å². The summed E-state index contributed by atoms with van der Waals surface area (Å²) in [6, 6.07) is 3.69. The standard InChI is InChI=1S/C17H25N3O2/c1-12(2)11-13(3)17(22)19-15-5-4-8-18-16(15)20-9-6-14(21)7-10-20/h4-5,8,13-14,21H,1,6-7,9-11H2,2-3H3,(H,19,22). The fourth-order valence-electron chi connectivity index (χ4n) is 2.70. The number of pyridine rings is 1. The minimum absolute atomic E-state index is 0.0192. The molecule has 0 bridgehead atoms. The number of rotatable bonds is 5. The van der Waals surface area contributed by atoms with E-state index in [0.717, 1.165) is 43.0 Å². The molecular weight excluding hydrogens is 278 g/mol. The molecule has 1 aromatic rings. The number of aliphatic hydroxyl groups is 1. The van der Waals surface area contributed by atoms with Crippen molar-refractivity contribution >= 4 is 17.4 Å². The summed E-state index contributed by atoms with van der Waals surface area (Å²) in [7, 11) is 0. The van der Waals surface area contributed by atoms with Gasteiger partial charge < -0.3 is 15.3 Å². The van der Waals surface area contributed by atoms with Crippen LogP contribution in [-0.2, 0) is 4.79 Å². The molecule has 1 atom stereocenters. The molecule has 2 N–H and O–H groups in total. The molecule has 5 nitrogen and oxygen atoms in total. The summed E-state index contributed by atoms with van der Waals surface area (Å²) in [4.78, 5) is 18.8. The quantitative estimate of drug-likeness (QED) is 0.821. The van der Waals surface area contributed by atoms with Crippen LogP contribution in [0.25, 0.3) is 0 Å². The van der Waals surface area contributed by atoms with Gasteiger partial charge in [0.25, 0.3) is 0 Å². The van der Waals surface area contributed by atoms with Crippen molar-refractivity contribution in [2.45, 2.75) is 39.2 Å². The summed E-state index contributed by atoms with van der Waals surface area (Å²) < 4.78 is 0. The summed E-state index contributed by atoms with van der Waals surface area (Å²) in [5.41, 5.74) is 1.73. The van der Waals surface area contributed by atoms with Gasteiger partial charge in [0.2, 0.25) is 5.91 Å². The Bertz CT molecular complexity index is 536. The first kappa shape index (κ1) is 16.5. The molecule has 1 aliphatic rings. The molecule has 5 heteroatoms. The van der Waals surface area contributed by atoms with E-state index in [0.29, 0.717) is 6.42 Å². The molecule has 2 rings (SSSR count). The van der Waals surface area contributed by atoms with Gasteiger partial charge >= 0.3 is 0 Å². The Labute approximate surface area is 132 Å². The second kappa shape index (κ2) is 7.40. The summed E-state index contributed by atoms with van der Waals surface area (Å²) in [6.07, 6.45) is 3.64. The fraction of sp³-hybridized carbons (Fsp3) is 0.529. The van der Waals surface area contributed by atoms with E-state index < -0.39 is 0 Å². The van der Waals surface area contributed by atoms with E-state index in [2.05, 4.69) is 21.8 Å². The van der Waals surface area contributed by atoms with Gasteiger partial charge in [0.05, 0.1) is 11.8 Å². The molecule has 0 spiro atoms. The molecular formula is C17H25N3O2. The monoisotopic (exact) mass is 303 g/mol. The minimum Gasteiger partial charge on any atom is -0.393 e. The predicted molar refractivity (Wildman–Crippen MR) is 88.9 cm³/mol. The Morgan fingerprint density at radius 2 is 2.23 bits per heavy atom. The SMILES string of the molecule is C=C(C)CC(C)C(=O)Nc1cccnc1N1CCC(O)CC1. The summed E-state index contributed by atoms with van der Waals surface area (Å²) in [6.45, 7) is 9.19. The van der Waals surface area contributed by atoms with E-state index in [-0.39, 0.29) is 17.9 Å². The first-order valence-corrected chi connectivity index (χ1v) is 7.80. The molecule has 1 amide bonds. The van der Waals surface area contributed by atoms with Crippen LogP contribution in [0, 0.1) is 5.92 Å². The molecule has 120 valence electrons. The van der Waals surface area contributed by atoms with Crippen molar-refractivity contribution in [3.8, 4) is 0 Å². The second-order valence-electron chi connectivity index (χ2n) is 6.14. The van der Waals surface area contributed by atoms with Gasteiger partial charge in [0.15, 0.2) is 5.82 Å². The lowest BCUT2D eigenvalue weighted by Gasteiger charge is -2.31. The Hall–Kier alpha value is -1.88. The third-order valence-electron chi connectivity index (χ3n) is 3.91. The molecule has 1 saturated heterocycles. The van der Waals surface area contributed by atoms with Crippen molar-refractivity contribution in [3.05, 3.63) is 30.5 Å². The van der Waals surface area contributed by atoms with Crippen LogP contribution in [0.15, 0.2) is 30.5 Å². The first-order valence-electron chi connectivity index (χ1n) is 7.80. The number of carbonyl (C=O) groups is 1. The first-order chi connectivity index (χ1) is 10.5. The molecule has 2 heterocycles. The Balaban J connectivity index is 2.08. The van der Waals surface area contributed by atoms with E-state index >= 15 is 0 Å². The highest BCUT2D eigenvalue weighted by Crippen LogP contribution is 2.26. The number of nitrogens with zero attached hydrogens (tertiary/aromatic N) is 2. The maximum Gasteiger partial charge on any atom is 0.227 e. The van der Waals surface area contributed by atoms with Crippen molar-refractivity contribution in [3.63, 3.8) is 0 Å². The lowest BCUT2D eigenvalue weighted by molar-refractivity contribution is -0.119. The number of carbonyl (C=O) groups excluding carboxylic acids is 1. The number of amides is 1. The van der Waals surface area contributed by atoms with E-state index in [4.69, 9.17) is 0 Å². The average molecular weight is 303 g/mol. The third kappa shape index (κ3) is 4.31. The highest BCUT2D eigenvalue weighted by molar-refractivity contribution is 5.95. The molecule has 1 unspecified atom stereocenters. The Kier molecular flexibility index (Phi) is 5.55. The molecule has 0 aromatic carbocycles. The van der Waals surface area contributed by atoms with Gasteiger partial charge in [0, 0.05) is 25.2 Å². The Morgan fingerprint density at radius 1 is 1.55 bits per heavy atom. The Morgan fingerprint density at radius 3 is 2.86 bits per heavy atom. The lowest BCUT2D eigenvalue weighted by atomic mass is 10.0. The summed E-state index contributed by atoms with van der Waals surface area (Å²) >= 11 is 0. The number of piperidine rings is 1. The predicted octanol–water partition coefficient (Wildman–Crippen LogP) is 2.58. The number of hydrogen-bond donors (Lipinski definition) is 2. The van der Waals surface area contributed by atoms with Crippen LogP contribution in [0.1, 0.15) is 33.1 Å². The summed E-state index contributed by atoms with van der Waals surface area (Å²) in [5, 5.41) is 12.6. The van der Waals surface area contributed by atoms with Crippen molar-refractivity contribution in [2.75, 3.05) is 23.3 Å². The largest absolute Gasteiger partial charge is 0.393 e. The molecule has 0 aliphatic carbocycles. The van der Waals surface area contributed by atoms with Gasteiger partial charge in [-0.25, -0.2) is 4.98 Å². The van der Waals surface area contributed by atoms with Crippen molar-refractivity contribution in [1.82, 2.24) is 4.98 Å². The minimum atomic E-state index is -0.228. The molecule has 0 saturated carbocycles. The zero-order chi connectivity index (χ0) is 16.1. The van der Waals surface area contributed by atoms with Gasteiger partial charge in [-0.1, -0.05) is 12.5 Å². The van der Waals surface area contributed by atoms with Crippen LogP contribution >= 0.6 is 0 Å². The smallest absolute Gasteiger partial charge is 0.227 e. The van der Waals surface area contributed by atoms with E-state index in [1.54, 1.807) is 6.20 Å². The number of anilines is 2. The van der Waals surface area contributed by atoms with E-state index in [1.165, 1.54) is 0 Å². The zero-order valence-electron chi connectivity index (χ0n) is 13.4. The molecule has 1 aromatic heterocycles. The normalized spacial score (nSPS) is 17.1. The maximum atomic E-state index is 12.3. The summed E-state index contributed by atoms with van der Waals surface area (Å²) in [5.74, 6) is 0.647. The van der Waals surface area contributed by atoms with Crippen LogP contribution in [0.4, 0.5) is 11.5 Å². The van der Waals surface area contributed by atoms with Crippen LogP contribution in [0.3, 0.4) is 0 Å².